The fourth-order valence-electron chi connectivity index (χ4n) is 1.93. The first-order valence-corrected chi connectivity index (χ1v) is 6.03. The van der Waals surface area contributed by atoms with Crippen LogP contribution < -0.4 is 5.32 Å². The van der Waals surface area contributed by atoms with Crippen LogP contribution in [-0.2, 0) is 0 Å². The highest BCUT2D eigenvalue weighted by atomic mass is 16.3. The van der Waals surface area contributed by atoms with Crippen molar-refractivity contribution in [3.05, 3.63) is 0 Å². The van der Waals surface area contributed by atoms with Crippen molar-refractivity contribution in [2.45, 2.75) is 33.6 Å². The van der Waals surface area contributed by atoms with Crippen molar-refractivity contribution in [1.29, 1.82) is 0 Å². The zero-order valence-electron chi connectivity index (χ0n) is 10.8. The van der Waals surface area contributed by atoms with Crippen molar-refractivity contribution in [1.82, 2.24) is 10.2 Å². The van der Waals surface area contributed by atoms with Crippen molar-refractivity contribution in [2.24, 2.45) is 5.41 Å². The lowest BCUT2D eigenvalue weighted by atomic mass is 9.92. The molecule has 0 saturated carbocycles. The number of hydrogen-bond acceptors (Lipinski definition) is 3. The Labute approximate surface area is 94.9 Å². The minimum Gasteiger partial charge on any atom is -0.395 e. The van der Waals surface area contributed by atoms with Gasteiger partial charge in [-0.2, -0.15) is 0 Å². The Balaban J connectivity index is 4.01. The van der Waals surface area contributed by atoms with Gasteiger partial charge in [-0.15, -0.1) is 0 Å². The number of nitrogens with one attached hydrogen (secondary N) is 1. The lowest BCUT2D eigenvalue weighted by Gasteiger charge is -2.32. The van der Waals surface area contributed by atoms with E-state index in [1.165, 1.54) is 12.8 Å². The Morgan fingerprint density at radius 3 is 2.40 bits per heavy atom. The molecule has 0 aromatic heterocycles. The summed E-state index contributed by atoms with van der Waals surface area (Å²) in [4.78, 5) is 2.36. The van der Waals surface area contributed by atoms with Gasteiger partial charge in [0.2, 0.25) is 0 Å². The molecule has 92 valence electrons. The van der Waals surface area contributed by atoms with Crippen molar-refractivity contribution in [3.63, 3.8) is 0 Å². The highest BCUT2D eigenvalue weighted by molar-refractivity contribution is 4.75. The molecule has 0 rings (SSSR count). The van der Waals surface area contributed by atoms with Gasteiger partial charge in [0.05, 0.1) is 6.61 Å². The summed E-state index contributed by atoms with van der Waals surface area (Å²) in [6.45, 7) is 11.0. The van der Waals surface area contributed by atoms with Crippen LogP contribution >= 0.6 is 0 Å². The van der Waals surface area contributed by atoms with E-state index in [9.17, 15) is 0 Å². The van der Waals surface area contributed by atoms with Crippen LogP contribution in [0.2, 0.25) is 0 Å². The summed E-state index contributed by atoms with van der Waals surface area (Å²) < 4.78 is 0. The molecule has 0 aliphatic heterocycles. The van der Waals surface area contributed by atoms with Gasteiger partial charge in [-0.25, -0.2) is 0 Å². The molecule has 0 atom stereocenters. The van der Waals surface area contributed by atoms with Crippen LogP contribution in [0.3, 0.4) is 0 Å². The number of hydrogen-bond donors (Lipinski definition) is 2. The van der Waals surface area contributed by atoms with Gasteiger partial charge in [-0.1, -0.05) is 27.2 Å². The second kappa shape index (κ2) is 8.08. The second-order valence-electron chi connectivity index (χ2n) is 5.05. The van der Waals surface area contributed by atoms with Gasteiger partial charge in [0.25, 0.3) is 0 Å². The topological polar surface area (TPSA) is 35.5 Å². The third kappa shape index (κ3) is 7.77. The Kier molecular flexibility index (Phi) is 8.02. The zero-order valence-corrected chi connectivity index (χ0v) is 10.8. The summed E-state index contributed by atoms with van der Waals surface area (Å²) in [5.41, 5.74) is 0.275. The average molecular weight is 216 g/mol. The largest absolute Gasteiger partial charge is 0.395 e. The van der Waals surface area contributed by atoms with Crippen LogP contribution in [-0.4, -0.2) is 49.8 Å². The monoisotopic (exact) mass is 216 g/mol. The van der Waals surface area contributed by atoms with Crippen molar-refractivity contribution >= 4 is 0 Å². The number of aliphatic hydroxyl groups is 1. The van der Waals surface area contributed by atoms with Crippen molar-refractivity contribution in [3.8, 4) is 0 Å². The SMILES string of the molecule is CCCCN(CCO)CC(C)(C)CNC. The van der Waals surface area contributed by atoms with E-state index in [0.717, 1.165) is 26.2 Å². The van der Waals surface area contributed by atoms with Crippen LogP contribution in [0.15, 0.2) is 0 Å². The molecule has 0 fully saturated rings. The lowest BCUT2D eigenvalue weighted by molar-refractivity contribution is 0.142. The second-order valence-corrected chi connectivity index (χ2v) is 5.05. The fraction of sp³-hybridized carbons (Fsp3) is 1.00. The van der Waals surface area contributed by atoms with Gasteiger partial charge in [0, 0.05) is 19.6 Å². The van der Waals surface area contributed by atoms with Gasteiger partial charge in [0.15, 0.2) is 0 Å². The van der Waals surface area contributed by atoms with Crippen molar-refractivity contribution in [2.75, 3.05) is 39.8 Å². The zero-order chi connectivity index (χ0) is 11.7. The molecule has 0 radical (unpaired) electrons. The van der Waals surface area contributed by atoms with Crippen LogP contribution in [0.5, 0.6) is 0 Å². The Hall–Kier alpha value is -0.120. The van der Waals surface area contributed by atoms with Gasteiger partial charge < -0.3 is 15.3 Å². The number of unbranched alkanes of at least 4 members (excludes halogenated alkanes) is 1. The van der Waals surface area contributed by atoms with Gasteiger partial charge in [-0.3, -0.25) is 0 Å². The predicted molar refractivity (Wildman–Crippen MR) is 66.1 cm³/mol. The molecule has 15 heavy (non-hydrogen) atoms. The van der Waals surface area contributed by atoms with E-state index in [2.05, 4.69) is 31.0 Å². The third-order valence-electron chi connectivity index (χ3n) is 2.55. The summed E-state index contributed by atoms with van der Waals surface area (Å²) >= 11 is 0. The maximum absolute atomic E-state index is 9.01. The minimum atomic E-state index is 0.263. The molecule has 0 bridgehead atoms. The van der Waals surface area contributed by atoms with E-state index < -0.39 is 0 Å². The molecule has 0 aliphatic carbocycles. The molecule has 0 aromatic carbocycles. The minimum absolute atomic E-state index is 0.263. The first-order chi connectivity index (χ1) is 7.05. The van der Waals surface area contributed by atoms with E-state index in [-0.39, 0.29) is 12.0 Å². The van der Waals surface area contributed by atoms with Crippen LogP contribution in [0.4, 0.5) is 0 Å². The average Bonchev–Trinajstić information content (AvgIpc) is 2.14. The van der Waals surface area contributed by atoms with E-state index in [4.69, 9.17) is 5.11 Å². The molecule has 0 unspecified atom stereocenters. The van der Waals surface area contributed by atoms with Gasteiger partial charge in [-0.05, 0) is 25.4 Å². The quantitative estimate of drug-likeness (QED) is 0.610. The normalized spacial score (nSPS) is 12.4. The predicted octanol–water partition coefficient (Wildman–Crippen LogP) is 1.33. The van der Waals surface area contributed by atoms with Crippen LogP contribution in [0.25, 0.3) is 0 Å². The summed E-state index contributed by atoms with van der Waals surface area (Å²) in [7, 11) is 1.99. The molecular formula is C12H28N2O. The smallest absolute Gasteiger partial charge is 0.0558 e. The maximum atomic E-state index is 9.01. The number of nitrogens with zero attached hydrogens (tertiary/aromatic N) is 1. The molecule has 0 heterocycles. The maximum Gasteiger partial charge on any atom is 0.0558 e. The first kappa shape index (κ1) is 14.9. The molecule has 0 spiro atoms. The van der Waals surface area contributed by atoms with E-state index >= 15 is 0 Å². The molecule has 3 heteroatoms. The van der Waals surface area contributed by atoms with Gasteiger partial charge >= 0.3 is 0 Å². The molecule has 0 aromatic rings. The molecule has 2 N–H and O–H groups in total. The van der Waals surface area contributed by atoms with E-state index in [0.29, 0.717) is 0 Å². The summed E-state index contributed by atoms with van der Waals surface area (Å²) in [6, 6.07) is 0. The van der Waals surface area contributed by atoms with Crippen LogP contribution in [0.1, 0.15) is 33.6 Å². The molecule has 3 nitrogen and oxygen atoms in total. The summed E-state index contributed by atoms with van der Waals surface area (Å²) in [6.07, 6.45) is 2.43. The fourth-order valence-corrected chi connectivity index (χ4v) is 1.93. The number of aliphatic hydroxyl groups excluding tert-OH is 1. The molecular weight excluding hydrogens is 188 g/mol. The highest BCUT2D eigenvalue weighted by Crippen LogP contribution is 2.15. The van der Waals surface area contributed by atoms with E-state index in [1.807, 2.05) is 7.05 Å². The Bertz CT molecular complexity index is 149. The van der Waals surface area contributed by atoms with E-state index in [1.54, 1.807) is 0 Å². The standard InChI is InChI=1S/C12H28N2O/c1-5-6-7-14(8-9-15)11-12(2,3)10-13-4/h13,15H,5-11H2,1-4H3. The summed E-state index contributed by atoms with van der Waals surface area (Å²) in [5.74, 6) is 0. The number of rotatable bonds is 9. The first-order valence-electron chi connectivity index (χ1n) is 6.03. The summed E-state index contributed by atoms with van der Waals surface area (Å²) in [5, 5.41) is 12.2. The molecule has 0 amide bonds. The van der Waals surface area contributed by atoms with Gasteiger partial charge in [0.1, 0.15) is 0 Å². The molecule has 0 aliphatic rings. The molecule has 0 saturated heterocycles. The third-order valence-corrected chi connectivity index (χ3v) is 2.55. The highest BCUT2D eigenvalue weighted by Gasteiger charge is 2.20. The Morgan fingerprint density at radius 1 is 1.27 bits per heavy atom. The van der Waals surface area contributed by atoms with Crippen molar-refractivity contribution < 1.29 is 5.11 Å². The van der Waals surface area contributed by atoms with Crippen LogP contribution in [0, 0.1) is 5.41 Å². The Morgan fingerprint density at radius 2 is 1.93 bits per heavy atom. The lowest BCUT2D eigenvalue weighted by Crippen LogP contribution is -2.41.